The van der Waals surface area contributed by atoms with E-state index in [0.717, 1.165) is 16.3 Å². The lowest BCUT2D eigenvalue weighted by molar-refractivity contribution is -0.116. The fraction of sp³-hybridized carbons (Fsp3) is 0.143. The number of thiazole rings is 1. The molecule has 0 saturated heterocycles. The molecule has 0 radical (unpaired) electrons. The zero-order valence-corrected chi connectivity index (χ0v) is 12.0. The first-order valence-electron chi connectivity index (χ1n) is 5.76. The minimum atomic E-state index is -0.138. The first kappa shape index (κ1) is 13.8. The second-order valence-corrected chi connectivity index (χ2v) is 5.47. The number of benzene rings is 1. The van der Waals surface area contributed by atoms with Gasteiger partial charge in [-0.1, -0.05) is 23.7 Å². The predicted molar refractivity (Wildman–Crippen MR) is 79.2 cm³/mol. The van der Waals surface area contributed by atoms with Crippen molar-refractivity contribution in [2.75, 3.05) is 0 Å². The smallest absolute Gasteiger partial charge is 0.244 e. The Morgan fingerprint density at radius 2 is 2.16 bits per heavy atom. The molecule has 1 heterocycles. The monoisotopic (exact) mass is 292 g/mol. The van der Waals surface area contributed by atoms with E-state index in [1.807, 2.05) is 24.4 Å². The molecule has 0 unspecified atom stereocenters. The number of aromatic nitrogens is 1. The maximum Gasteiger partial charge on any atom is 0.244 e. The van der Waals surface area contributed by atoms with Crippen LogP contribution in [0.5, 0.6) is 0 Å². The first-order chi connectivity index (χ1) is 9.13. The molecule has 0 spiro atoms. The molecule has 2 rings (SSSR count). The van der Waals surface area contributed by atoms with E-state index < -0.39 is 0 Å². The Bertz CT molecular complexity index is 590. The third-order valence-electron chi connectivity index (χ3n) is 2.42. The Kier molecular flexibility index (Phi) is 4.71. The predicted octanol–water partition coefficient (Wildman–Crippen LogP) is 3.43. The van der Waals surface area contributed by atoms with Crippen LogP contribution in [0.4, 0.5) is 0 Å². The highest BCUT2D eigenvalue weighted by atomic mass is 35.5. The molecule has 0 aliphatic rings. The molecule has 0 fully saturated rings. The van der Waals surface area contributed by atoms with Crippen molar-refractivity contribution < 1.29 is 4.79 Å². The third kappa shape index (κ3) is 4.50. The molecule has 0 atom stereocenters. The Hall–Kier alpha value is -1.65. The summed E-state index contributed by atoms with van der Waals surface area (Å²) in [5.74, 6) is -0.138. The Balaban J connectivity index is 1.84. The summed E-state index contributed by atoms with van der Waals surface area (Å²) in [5.41, 5.74) is 1.82. The van der Waals surface area contributed by atoms with E-state index in [1.165, 1.54) is 6.08 Å². The summed E-state index contributed by atoms with van der Waals surface area (Å²) in [6.07, 6.45) is 3.20. The lowest BCUT2D eigenvalue weighted by Gasteiger charge is -2.02. The van der Waals surface area contributed by atoms with Gasteiger partial charge in [0.2, 0.25) is 5.91 Å². The lowest BCUT2D eigenvalue weighted by Crippen LogP contribution is -2.20. The zero-order valence-electron chi connectivity index (χ0n) is 10.4. The number of carbonyl (C=O) groups is 1. The number of amides is 1. The van der Waals surface area contributed by atoms with E-state index in [0.29, 0.717) is 11.6 Å². The van der Waals surface area contributed by atoms with Gasteiger partial charge in [0.15, 0.2) is 0 Å². The highest BCUT2D eigenvalue weighted by Crippen LogP contribution is 2.10. The van der Waals surface area contributed by atoms with E-state index in [4.69, 9.17) is 11.6 Å². The van der Waals surface area contributed by atoms with Crippen LogP contribution in [0.15, 0.2) is 35.7 Å². The number of halogens is 1. The van der Waals surface area contributed by atoms with Crippen molar-refractivity contribution >= 4 is 34.9 Å². The fourth-order valence-electron chi connectivity index (χ4n) is 1.47. The topological polar surface area (TPSA) is 42.0 Å². The molecule has 0 aliphatic carbocycles. The molecule has 0 aliphatic heterocycles. The maximum absolute atomic E-state index is 11.6. The molecule has 19 heavy (non-hydrogen) atoms. The van der Waals surface area contributed by atoms with Gasteiger partial charge in [-0.25, -0.2) is 4.98 Å². The number of hydrogen-bond acceptors (Lipinski definition) is 3. The molecule has 1 amide bonds. The van der Waals surface area contributed by atoms with Gasteiger partial charge in [0.25, 0.3) is 0 Å². The fourth-order valence-corrected chi connectivity index (χ4v) is 2.17. The van der Waals surface area contributed by atoms with Crippen LogP contribution in [-0.4, -0.2) is 10.9 Å². The molecular formula is C14H13ClN2OS. The number of carbonyl (C=O) groups excluding carboxylic acids is 1. The summed E-state index contributed by atoms with van der Waals surface area (Å²) < 4.78 is 0. The van der Waals surface area contributed by atoms with Gasteiger partial charge < -0.3 is 5.32 Å². The first-order valence-corrected chi connectivity index (χ1v) is 7.02. The Morgan fingerprint density at radius 1 is 1.42 bits per heavy atom. The molecule has 98 valence electrons. The van der Waals surface area contributed by atoms with Crippen LogP contribution < -0.4 is 5.32 Å². The highest BCUT2D eigenvalue weighted by molar-refractivity contribution is 7.09. The van der Waals surface area contributed by atoms with Crippen molar-refractivity contribution in [3.8, 4) is 0 Å². The summed E-state index contributed by atoms with van der Waals surface area (Å²) in [4.78, 5) is 15.9. The normalized spacial score (nSPS) is 10.8. The lowest BCUT2D eigenvalue weighted by atomic mass is 10.2. The van der Waals surface area contributed by atoms with E-state index >= 15 is 0 Å². The summed E-state index contributed by atoms with van der Waals surface area (Å²) in [7, 11) is 0. The molecule has 1 N–H and O–H groups in total. The van der Waals surface area contributed by atoms with Crippen LogP contribution in [-0.2, 0) is 11.3 Å². The number of nitrogens with zero attached hydrogens (tertiary/aromatic N) is 1. The van der Waals surface area contributed by atoms with Gasteiger partial charge in [-0.3, -0.25) is 4.79 Å². The second kappa shape index (κ2) is 6.50. The zero-order chi connectivity index (χ0) is 13.7. The number of nitrogens with one attached hydrogen (secondary N) is 1. The van der Waals surface area contributed by atoms with Crippen LogP contribution in [0.1, 0.15) is 16.3 Å². The molecule has 2 aromatic rings. The van der Waals surface area contributed by atoms with Crippen LogP contribution >= 0.6 is 22.9 Å². The van der Waals surface area contributed by atoms with Gasteiger partial charge >= 0.3 is 0 Å². The van der Waals surface area contributed by atoms with Crippen molar-refractivity contribution in [2.24, 2.45) is 0 Å². The number of hydrogen-bond donors (Lipinski definition) is 1. The van der Waals surface area contributed by atoms with E-state index in [9.17, 15) is 4.79 Å². The van der Waals surface area contributed by atoms with Gasteiger partial charge in [0, 0.05) is 23.0 Å². The van der Waals surface area contributed by atoms with Gasteiger partial charge in [-0.15, -0.1) is 11.3 Å². The minimum Gasteiger partial charge on any atom is -0.348 e. The number of aryl methyl sites for hydroxylation is 1. The van der Waals surface area contributed by atoms with E-state index in [2.05, 4.69) is 10.3 Å². The summed E-state index contributed by atoms with van der Waals surface area (Å²) in [6, 6.07) is 7.38. The SMILES string of the molecule is Cc1nc(/C=C/C(=O)NCc2ccc(Cl)cc2)cs1. The standard InChI is InChI=1S/C14H13ClN2OS/c1-10-17-13(9-19-10)6-7-14(18)16-8-11-2-4-12(15)5-3-11/h2-7,9H,8H2,1H3,(H,16,18)/b7-6+. The molecule has 0 saturated carbocycles. The van der Waals surface area contributed by atoms with Crippen LogP contribution in [0, 0.1) is 6.92 Å². The van der Waals surface area contributed by atoms with Crippen molar-refractivity contribution in [1.29, 1.82) is 0 Å². The van der Waals surface area contributed by atoms with E-state index in [-0.39, 0.29) is 5.91 Å². The van der Waals surface area contributed by atoms with Crippen molar-refractivity contribution in [2.45, 2.75) is 13.5 Å². The molecule has 5 heteroatoms. The van der Waals surface area contributed by atoms with Crippen LogP contribution in [0.2, 0.25) is 5.02 Å². The van der Waals surface area contributed by atoms with Gasteiger partial charge in [0.05, 0.1) is 10.7 Å². The maximum atomic E-state index is 11.6. The molecular weight excluding hydrogens is 280 g/mol. The Morgan fingerprint density at radius 3 is 2.79 bits per heavy atom. The minimum absolute atomic E-state index is 0.138. The summed E-state index contributed by atoms with van der Waals surface area (Å²) in [6.45, 7) is 2.42. The quantitative estimate of drug-likeness (QED) is 0.877. The molecule has 0 bridgehead atoms. The number of rotatable bonds is 4. The largest absolute Gasteiger partial charge is 0.348 e. The molecule has 1 aromatic heterocycles. The van der Waals surface area contributed by atoms with Crippen molar-refractivity contribution in [1.82, 2.24) is 10.3 Å². The Labute approximate surface area is 120 Å². The third-order valence-corrected chi connectivity index (χ3v) is 3.47. The summed E-state index contributed by atoms with van der Waals surface area (Å²) >= 11 is 7.35. The van der Waals surface area contributed by atoms with Crippen LogP contribution in [0.25, 0.3) is 6.08 Å². The van der Waals surface area contributed by atoms with Crippen LogP contribution in [0.3, 0.4) is 0 Å². The van der Waals surface area contributed by atoms with E-state index in [1.54, 1.807) is 29.5 Å². The van der Waals surface area contributed by atoms with Crippen molar-refractivity contribution in [3.63, 3.8) is 0 Å². The highest BCUT2D eigenvalue weighted by Gasteiger charge is 1.98. The molecule has 3 nitrogen and oxygen atoms in total. The summed E-state index contributed by atoms with van der Waals surface area (Å²) in [5, 5.41) is 6.39. The average molecular weight is 293 g/mol. The van der Waals surface area contributed by atoms with Crippen molar-refractivity contribution in [3.05, 3.63) is 57.0 Å². The van der Waals surface area contributed by atoms with Gasteiger partial charge in [-0.05, 0) is 30.7 Å². The van der Waals surface area contributed by atoms with Gasteiger partial charge in [-0.2, -0.15) is 0 Å². The van der Waals surface area contributed by atoms with Gasteiger partial charge in [0.1, 0.15) is 0 Å². The second-order valence-electron chi connectivity index (χ2n) is 3.97. The average Bonchev–Trinajstić information content (AvgIpc) is 2.81. The molecule has 1 aromatic carbocycles.